The summed E-state index contributed by atoms with van der Waals surface area (Å²) in [5.74, 6) is 1.62. The number of hydrogen-bond donors (Lipinski definition) is 1. The molecule has 0 saturated heterocycles. The van der Waals surface area contributed by atoms with Crippen molar-refractivity contribution >= 4 is 49.1 Å². The first-order valence-corrected chi connectivity index (χ1v) is 11.5. The molecule has 0 saturated carbocycles. The zero-order chi connectivity index (χ0) is 20.2. The second kappa shape index (κ2) is 6.78. The van der Waals surface area contributed by atoms with Gasteiger partial charge in [0.05, 0.1) is 10.6 Å². The molecule has 0 unspecified atom stereocenters. The van der Waals surface area contributed by atoms with Gasteiger partial charge in [-0.2, -0.15) is 0 Å². The molecule has 1 aliphatic carbocycles. The van der Waals surface area contributed by atoms with Crippen molar-refractivity contribution in [3.8, 4) is 0 Å². The normalized spacial score (nSPS) is 16.8. The Morgan fingerprint density at radius 1 is 1.03 bits per heavy atom. The molecule has 1 atom stereocenters. The van der Waals surface area contributed by atoms with Gasteiger partial charge in [0, 0.05) is 33.2 Å². The lowest BCUT2D eigenvalue weighted by Crippen LogP contribution is -2.13. The molecule has 0 radical (unpaired) electrons. The molecule has 1 N–H and O–H groups in total. The van der Waals surface area contributed by atoms with Crippen molar-refractivity contribution in [1.82, 2.24) is 0 Å². The third kappa shape index (κ3) is 3.18. The molecule has 0 bridgehead atoms. The summed E-state index contributed by atoms with van der Waals surface area (Å²) in [6.07, 6.45) is 2.98. The van der Waals surface area contributed by atoms with Crippen LogP contribution >= 0.6 is 11.6 Å². The molecule has 3 aromatic carbocycles. The quantitative estimate of drug-likeness (QED) is 0.427. The van der Waals surface area contributed by atoms with Gasteiger partial charge >= 0.3 is 0 Å². The topological polar surface area (TPSA) is 59.3 Å². The van der Waals surface area contributed by atoms with Gasteiger partial charge in [0.1, 0.15) is 11.3 Å². The van der Waals surface area contributed by atoms with Crippen molar-refractivity contribution in [2.45, 2.75) is 31.1 Å². The van der Waals surface area contributed by atoms with E-state index >= 15 is 0 Å². The Kier molecular flexibility index (Phi) is 4.33. The molecule has 1 aromatic heterocycles. The molecule has 29 heavy (non-hydrogen) atoms. The maximum Gasteiger partial charge on any atom is 0.261 e. The minimum absolute atomic E-state index is 0.175. The smallest absolute Gasteiger partial charge is 0.261 e. The molecule has 6 heteroatoms. The fraction of sp³-hybridized carbons (Fsp3) is 0.217. The molecule has 0 spiro atoms. The van der Waals surface area contributed by atoms with E-state index < -0.39 is 10.0 Å². The fourth-order valence-electron chi connectivity index (χ4n) is 4.17. The van der Waals surface area contributed by atoms with Crippen LogP contribution in [0.5, 0.6) is 0 Å². The average molecular weight is 426 g/mol. The van der Waals surface area contributed by atoms with Gasteiger partial charge in [-0.1, -0.05) is 42.8 Å². The second-order valence-corrected chi connectivity index (χ2v) is 9.88. The first kappa shape index (κ1) is 18.5. The van der Waals surface area contributed by atoms with Crippen LogP contribution in [0.25, 0.3) is 21.7 Å². The predicted molar refractivity (Wildman–Crippen MR) is 117 cm³/mol. The summed E-state index contributed by atoms with van der Waals surface area (Å²) >= 11 is 5.90. The van der Waals surface area contributed by atoms with Crippen molar-refractivity contribution in [2.24, 2.45) is 5.92 Å². The summed E-state index contributed by atoms with van der Waals surface area (Å²) in [4.78, 5) is 0.175. The SMILES string of the molecule is C[C@H]1CCc2c(oc3c2cc(NS(=O)(=O)c2ccc(Cl)cc2)c2ccccc23)C1. The first-order chi connectivity index (χ1) is 13.9. The number of sulfonamides is 1. The monoisotopic (exact) mass is 425 g/mol. The maximum atomic E-state index is 13.0. The zero-order valence-electron chi connectivity index (χ0n) is 15.9. The van der Waals surface area contributed by atoms with E-state index in [4.69, 9.17) is 16.0 Å². The Bertz CT molecular complexity index is 1340. The molecular weight excluding hydrogens is 406 g/mol. The number of furan rings is 1. The number of benzene rings is 3. The first-order valence-electron chi connectivity index (χ1n) is 9.67. The van der Waals surface area contributed by atoms with Crippen LogP contribution in [0, 0.1) is 5.92 Å². The summed E-state index contributed by atoms with van der Waals surface area (Å²) in [7, 11) is -3.74. The van der Waals surface area contributed by atoms with Crippen molar-refractivity contribution in [3.63, 3.8) is 0 Å². The molecule has 0 amide bonds. The van der Waals surface area contributed by atoms with Crippen molar-refractivity contribution < 1.29 is 12.8 Å². The van der Waals surface area contributed by atoms with Gasteiger partial charge in [0.2, 0.25) is 0 Å². The molecule has 1 heterocycles. The van der Waals surface area contributed by atoms with Crippen molar-refractivity contribution in [2.75, 3.05) is 4.72 Å². The number of hydrogen-bond acceptors (Lipinski definition) is 3. The highest BCUT2D eigenvalue weighted by molar-refractivity contribution is 7.92. The van der Waals surface area contributed by atoms with Crippen molar-refractivity contribution in [3.05, 3.63) is 70.9 Å². The standard InChI is InChI=1S/C23H20ClNO3S/c1-14-6-11-18-20-13-21(25-29(26,27)16-9-7-15(24)8-10-16)17-4-2-3-5-19(17)23(20)28-22(18)12-14/h2-5,7-10,13-14,25H,6,11-12H2,1H3/t14-/m0/s1. The minimum Gasteiger partial charge on any atom is -0.460 e. The highest BCUT2D eigenvalue weighted by Gasteiger charge is 2.25. The summed E-state index contributed by atoms with van der Waals surface area (Å²) in [6.45, 7) is 2.24. The van der Waals surface area contributed by atoms with E-state index in [1.54, 1.807) is 12.1 Å². The average Bonchev–Trinajstić information content (AvgIpc) is 3.06. The molecule has 4 nitrogen and oxygen atoms in total. The number of nitrogens with one attached hydrogen (secondary N) is 1. The van der Waals surface area contributed by atoms with E-state index in [-0.39, 0.29) is 4.90 Å². The third-order valence-corrected chi connectivity index (χ3v) is 7.30. The second-order valence-electron chi connectivity index (χ2n) is 7.76. The van der Waals surface area contributed by atoms with Crippen LogP contribution in [-0.4, -0.2) is 8.42 Å². The number of aryl methyl sites for hydroxylation is 1. The maximum absolute atomic E-state index is 13.0. The van der Waals surface area contributed by atoms with E-state index in [1.165, 1.54) is 17.7 Å². The summed E-state index contributed by atoms with van der Waals surface area (Å²) < 4.78 is 35.0. The van der Waals surface area contributed by atoms with Crippen LogP contribution in [0.3, 0.4) is 0 Å². The highest BCUT2D eigenvalue weighted by atomic mass is 35.5. The van der Waals surface area contributed by atoms with E-state index in [0.717, 1.165) is 46.8 Å². The van der Waals surface area contributed by atoms with Gasteiger partial charge in [-0.25, -0.2) is 8.42 Å². The molecular formula is C23H20ClNO3S. The molecule has 0 aliphatic heterocycles. The highest BCUT2D eigenvalue weighted by Crippen LogP contribution is 2.40. The van der Waals surface area contributed by atoms with Crippen LogP contribution in [0.15, 0.2) is 63.9 Å². The fourth-order valence-corrected chi connectivity index (χ4v) is 5.36. The van der Waals surface area contributed by atoms with Crippen LogP contribution in [0.2, 0.25) is 5.02 Å². The summed E-state index contributed by atoms with van der Waals surface area (Å²) in [5, 5.41) is 3.23. The number of rotatable bonds is 3. The van der Waals surface area contributed by atoms with Gasteiger partial charge in [0.25, 0.3) is 10.0 Å². The number of fused-ring (bicyclic) bond motifs is 5. The Balaban J connectivity index is 1.69. The van der Waals surface area contributed by atoms with Gasteiger partial charge in [-0.05, 0) is 49.1 Å². The minimum atomic E-state index is -3.74. The Morgan fingerprint density at radius 2 is 1.76 bits per heavy atom. The Hall–Kier alpha value is -2.50. The lowest BCUT2D eigenvalue weighted by Gasteiger charge is -2.16. The largest absolute Gasteiger partial charge is 0.460 e. The van der Waals surface area contributed by atoms with E-state index in [2.05, 4.69) is 11.6 Å². The van der Waals surface area contributed by atoms with Crippen LogP contribution in [0.4, 0.5) is 5.69 Å². The number of halogens is 1. The van der Waals surface area contributed by atoms with E-state index in [0.29, 0.717) is 16.6 Å². The van der Waals surface area contributed by atoms with Crippen LogP contribution in [-0.2, 0) is 22.9 Å². The molecule has 0 fully saturated rings. The van der Waals surface area contributed by atoms with Gasteiger partial charge in [0.15, 0.2) is 0 Å². The third-order valence-electron chi connectivity index (χ3n) is 5.67. The van der Waals surface area contributed by atoms with Gasteiger partial charge in [-0.3, -0.25) is 4.72 Å². The lowest BCUT2D eigenvalue weighted by molar-refractivity contribution is 0.427. The van der Waals surface area contributed by atoms with Crippen LogP contribution < -0.4 is 4.72 Å². The number of anilines is 1. The molecule has 1 aliphatic rings. The zero-order valence-corrected chi connectivity index (χ0v) is 17.5. The van der Waals surface area contributed by atoms with Crippen molar-refractivity contribution in [1.29, 1.82) is 0 Å². The summed E-state index contributed by atoms with van der Waals surface area (Å²) in [5.41, 5.74) is 2.61. The summed E-state index contributed by atoms with van der Waals surface area (Å²) in [6, 6.07) is 15.8. The van der Waals surface area contributed by atoms with Gasteiger partial charge < -0.3 is 4.42 Å². The Morgan fingerprint density at radius 3 is 2.52 bits per heavy atom. The van der Waals surface area contributed by atoms with Crippen LogP contribution in [0.1, 0.15) is 24.7 Å². The lowest BCUT2D eigenvalue weighted by atomic mass is 9.88. The molecule has 4 aromatic rings. The van der Waals surface area contributed by atoms with E-state index in [1.807, 2.05) is 30.3 Å². The molecule has 5 rings (SSSR count). The molecule has 148 valence electrons. The van der Waals surface area contributed by atoms with E-state index in [9.17, 15) is 8.42 Å². The predicted octanol–water partition coefficient (Wildman–Crippen LogP) is 6.17. The Labute approximate surface area is 174 Å². The van der Waals surface area contributed by atoms with Gasteiger partial charge in [-0.15, -0.1) is 0 Å².